The van der Waals surface area contributed by atoms with Crippen molar-refractivity contribution in [3.8, 4) is 6.07 Å². The Bertz CT molecular complexity index is 623. The van der Waals surface area contributed by atoms with Gasteiger partial charge in [0.2, 0.25) is 0 Å². The van der Waals surface area contributed by atoms with Gasteiger partial charge in [0.15, 0.2) is 0 Å². The number of pyridine rings is 1. The second-order valence-corrected chi connectivity index (χ2v) is 5.20. The van der Waals surface area contributed by atoms with E-state index in [1.54, 1.807) is 0 Å². The molecule has 0 atom stereocenters. The van der Waals surface area contributed by atoms with Crippen LogP contribution in [0.5, 0.6) is 0 Å². The number of anilines is 1. The van der Waals surface area contributed by atoms with E-state index in [4.69, 9.17) is 0 Å². The van der Waals surface area contributed by atoms with Gasteiger partial charge in [0.25, 0.3) is 0 Å². The molecule has 0 radical (unpaired) electrons. The van der Waals surface area contributed by atoms with Gasteiger partial charge in [-0.1, -0.05) is 31.0 Å². The molecule has 1 N–H and O–H groups in total. The van der Waals surface area contributed by atoms with Crippen LogP contribution in [0.4, 0.5) is 5.82 Å². The van der Waals surface area contributed by atoms with Crippen LogP contribution in [0.3, 0.4) is 0 Å². The largest absolute Gasteiger partial charge is 0.370 e. The average molecular weight is 251 g/mol. The number of fused-ring (bicyclic) bond motifs is 1. The fraction of sp³-hybridized carbons (Fsp3) is 0.375. The first-order valence-electron chi connectivity index (χ1n) is 6.90. The normalized spacial score (nSPS) is 14.3. The molecule has 0 spiro atoms. The van der Waals surface area contributed by atoms with Crippen LogP contribution in [-0.4, -0.2) is 11.5 Å². The number of hydrogen-bond donors (Lipinski definition) is 1. The maximum atomic E-state index is 9.21. The molecule has 1 fully saturated rings. The van der Waals surface area contributed by atoms with Gasteiger partial charge in [0.1, 0.15) is 5.82 Å². The third kappa shape index (κ3) is 2.85. The fourth-order valence-corrected chi connectivity index (χ4v) is 2.37. The highest BCUT2D eigenvalue weighted by atomic mass is 15.0. The first-order chi connectivity index (χ1) is 9.36. The Morgan fingerprint density at radius 3 is 2.95 bits per heavy atom. The molecule has 0 bridgehead atoms. The van der Waals surface area contributed by atoms with Crippen LogP contribution in [-0.2, 0) is 0 Å². The lowest BCUT2D eigenvalue weighted by Gasteiger charge is -2.07. The van der Waals surface area contributed by atoms with Crippen LogP contribution in [0.2, 0.25) is 0 Å². The SMILES string of the molecule is N#Cc1cc(NCCCC2CC2)nc2ccccc12. The summed E-state index contributed by atoms with van der Waals surface area (Å²) in [5, 5.41) is 13.5. The molecular weight excluding hydrogens is 234 g/mol. The zero-order valence-corrected chi connectivity index (χ0v) is 10.9. The molecular formula is C16H17N3. The minimum atomic E-state index is 0.690. The maximum absolute atomic E-state index is 9.21. The van der Waals surface area contributed by atoms with Crippen molar-refractivity contribution in [1.82, 2.24) is 4.98 Å². The second kappa shape index (κ2) is 5.27. The number of aromatic nitrogens is 1. The molecule has 0 amide bonds. The van der Waals surface area contributed by atoms with E-state index in [1.807, 2.05) is 30.3 Å². The van der Waals surface area contributed by atoms with E-state index in [9.17, 15) is 5.26 Å². The zero-order valence-electron chi connectivity index (χ0n) is 10.9. The summed E-state index contributed by atoms with van der Waals surface area (Å²) in [6, 6.07) is 11.9. The lowest BCUT2D eigenvalue weighted by atomic mass is 10.1. The summed E-state index contributed by atoms with van der Waals surface area (Å²) < 4.78 is 0. The maximum Gasteiger partial charge on any atom is 0.127 e. The van der Waals surface area contributed by atoms with Gasteiger partial charge in [0, 0.05) is 11.9 Å². The highest BCUT2D eigenvalue weighted by molar-refractivity contribution is 5.86. The molecule has 19 heavy (non-hydrogen) atoms. The van der Waals surface area contributed by atoms with E-state index in [0.29, 0.717) is 5.56 Å². The number of nitriles is 1. The van der Waals surface area contributed by atoms with Crippen LogP contribution in [0.1, 0.15) is 31.2 Å². The Morgan fingerprint density at radius 2 is 2.16 bits per heavy atom. The van der Waals surface area contributed by atoms with Gasteiger partial charge >= 0.3 is 0 Å². The predicted octanol–water partition coefficient (Wildman–Crippen LogP) is 3.71. The standard InChI is InChI=1S/C16H17N3/c17-11-13-10-16(18-9-3-4-12-7-8-12)19-15-6-2-1-5-14(13)15/h1-2,5-6,10,12H,3-4,7-9H2,(H,18,19). The minimum Gasteiger partial charge on any atom is -0.370 e. The van der Waals surface area contributed by atoms with Crippen LogP contribution in [0.25, 0.3) is 10.9 Å². The quantitative estimate of drug-likeness (QED) is 0.824. The third-order valence-electron chi connectivity index (χ3n) is 3.63. The molecule has 1 aliphatic rings. The monoisotopic (exact) mass is 251 g/mol. The first kappa shape index (κ1) is 12.0. The number of hydrogen-bond acceptors (Lipinski definition) is 3. The van der Waals surface area contributed by atoms with Crippen molar-refractivity contribution in [2.24, 2.45) is 5.92 Å². The lowest BCUT2D eigenvalue weighted by Crippen LogP contribution is -2.04. The smallest absolute Gasteiger partial charge is 0.127 e. The molecule has 3 heteroatoms. The van der Waals surface area contributed by atoms with Crippen molar-refractivity contribution in [3.05, 3.63) is 35.9 Å². The number of benzene rings is 1. The molecule has 0 saturated heterocycles. The van der Waals surface area contributed by atoms with Crippen molar-refractivity contribution in [2.75, 3.05) is 11.9 Å². The van der Waals surface area contributed by atoms with E-state index in [2.05, 4.69) is 16.4 Å². The Hall–Kier alpha value is -2.08. The predicted molar refractivity (Wildman–Crippen MR) is 76.9 cm³/mol. The Kier molecular flexibility index (Phi) is 3.33. The number of nitrogens with zero attached hydrogens (tertiary/aromatic N) is 2. The van der Waals surface area contributed by atoms with Gasteiger partial charge in [0.05, 0.1) is 17.1 Å². The van der Waals surface area contributed by atoms with Crippen molar-refractivity contribution >= 4 is 16.7 Å². The second-order valence-electron chi connectivity index (χ2n) is 5.20. The van der Waals surface area contributed by atoms with Crippen LogP contribution in [0, 0.1) is 17.2 Å². The Morgan fingerprint density at radius 1 is 1.32 bits per heavy atom. The molecule has 1 aliphatic carbocycles. The fourth-order valence-electron chi connectivity index (χ4n) is 2.37. The van der Waals surface area contributed by atoms with Crippen molar-refractivity contribution in [1.29, 1.82) is 5.26 Å². The van der Waals surface area contributed by atoms with Crippen LogP contribution in [0.15, 0.2) is 30.3 Å². The van der Waals surface area contributed by atoms with Gasteiger partial charge in [-0.3, -0.25) is 0 Å². The zero-order chi connectivity index (χ0) is 13.1. The summed E-state index contributed by atoms with van der Waals surface area (Å²) in [7, 11) is 0. The number of para-hydroxylation sites is 1. The van der Waals surface area contributed by atoms with E-state index in [0.717, 1.165) is 29.2 Å². The van der Waals surface area contributed by atoms with Gasteiger partial charge in [-0.25, -0.2) is 4.98 Å². The molecule has 0 aliphatic heterocycles. The van der Waals surface area contributed by atoms with E-state index >= 15 is 0 Å². The van der Waals surface area contributed by atoms with Crippen LogP contribution < -0.4 is 5.32 Å². The molecule has 1 saturated carbocycles. The minimum absolute atomic E-state index is 0.690. The van der Waals surface area contributed by atoms with Crippen molar-refractivity contribution < 1.29 is 0 Å². The molecule has 3 nitrogen and oxygen atoms in total. The summed E-state index contributed by atoms with van der Waals surface area (Å²) in [6.07, 6.45) is 5.31. The van der Waals surface area contributed by atoms with E-state index in [-0.39, 0.29) is 0 Å². The molecule has 1 aromatic carbocycles. The highest BCUT2D eigenvalue weighted by Gasteiger charge is 2.19. The van der Waals surface area contributed by atoms with Gasteiger partial charge in [-0.05, 0) is 30.9 Å². The topological polar surface area (TPSA) is 48.7 Å². The molecule has 3 rings (SSSR count). The van der Waals surface area contributed by atoms with Gasteiger partial charge in [-0.2, -0.15) is 5.26 Å². The highest BCUT2D eigenvalue weighted by Crippen LogP contribution is 2.33. The Balaban J connectivity index is 1.73. The number of nitrogens with one attached hydrogen (secondary N) is 1. The number of rotatable bonds is 5. The summed E-state index contributed by atoms with van der Waals surface area (Å²) in [5.41, 5.74) is 1.57. The van der Waals surface area contributed by atoms with Crippen LogP contribution >= 0.6 is 0 Å². The van der Waals surface area contributed by atoms with Gasteiger partial charge in [-0.15, -0.1) is 0 Å². The summed E-state index contributed by atoms with van der Waals surface area (Å²) >= 11 is 0. The van der Waals surface area contributed by atoms with Crippen molar-refractivity contribution in [3.63, 3.8) is 0 Å². The molecule has 1 aromatic heterocycles. The van der Waals surface area contributed by atoms with E-state index in [1.165, 1.54) is 25.7 Å². The van der Waals surface area contributed by atoms with Crippen molar-refractivity contribution in [2.45, 2.75) is 25.7 Å². The summed E-state index contributed by atoms with van der Waals surface area (Å²) in [4.78, 5) is 4.55. The third-order valence-corrected chi connectivity index (χ3v) is 3.63. The lowest BCUT2D eigenvalue weighted by molar-refractivity contribution is 0.686. The molecule has 1 heterocycles. The Labute approximate surface area is 113 Å². The summed E-state index contributed by atoms with van der Waals surface area (Å²) in [5.74, 6) is 1.78. The van der Waals surface area contributed by atoms with E-state index < -0.39 is 0 Å². The summed E-state index contributed by atoms with van der Waals surface area (Å²) in [6.45, 7) is 0.937. The molecule has 2 aromatic rings. The first-order valence-corrected chi connectivity index (χ1v) is 6.90. The molecule has 0 unspecified atom stereocenters. The van der Waals surface area contributed by atoms with Gasteiger partial charge < -0.3 is 5.32 Å². The average Bonchev–Trinajstić information content (AvgIpc) is 3.27. The molecule has 96 valence electrons.